The lowest BCUT2D eigenvalue weighted by molar-refractivity contribution is -0.149. The van der Waals surface area contributed by atoms with Crippen molar-refractivity contribution >= 4 is 17.4 Å². The van der Waals surface area contributed by atoms with Crippen LogP contribution in [0.15, 0.2) is 18.7 Å². The molecule has 0 aromatic carbocycles. The summed E-state index contributed by atoms with van der Waals surface area (Å²) < 4.78 is 1.72. The lowest BCUT2D eigenvalue weighted by Gasteiger charge is -2.39. The van der Waals surface area contributed by atoms with Crippen LogP contribution in [0.5, 0.6) is 0 Å². The number of rotatable bonds is 4. The van der Waals surface area contributed by atoms with Gasteiger partial charge in [-0.1, -0.05) is 0 Å². The van der Waals surface area contributed by atoms with Crippen molar-refractivity contribution in [1.29, 1.82) is 0 Å². The number of fused-ring (bicyclic) bond motifs is 1. The molecule has 0 unspecified atom stereocenters. The van der Waals surface area contributed by atoms with Crippen molar-refractivity contribution in [1.82, 2.24) is 19.6 Å². The zero-order valence-corrected chi connectivity index (χ0v) is 11.4. The Morgan fingerprint density at radius 3 is 2.68 bits per heavy atom. The number of nitrogens with zero attached hydrogens (tertiary/aromatic N) is 4. The summed E-state index contributed by atoms with van der Waals surface area (Å²) in [5, 5.41) is 20.3. The molecule has 0 aliphatic heterocycles. The van der Waals surface area contributed by atoms with Crippen molar-refractivity contribution in [3.05, 3.63) is 18.7 Å². The van der Waals surface area contributed by atoms with Crippen LogP contribution in [-0.2, 0) is 4.79 Å². The Kier molecular flexibility index (Phi) is 2.92. The summed E-state index contributed by atoms with van der Waals surface area (Å²) in [5.74, 6) is -0.363. The Morgan fingerprint density at radius 1 is 1.37 bits per heavy atom. The van der Waals surface area contributed by atoms with Crippen LogP contribution >= 0.6 is 0 Å². The van der Waals surface area contributed by atoms with Gasteiger partial charge >= 0.3 is 5.97 Å². The molecule has 0 atom stereocenters. The van der Waals surface area contributed by atoms with E-state index in [1.54, 1.807) is 37.0 Å². The number of carbonyl (C=O) groups is 1. The van der Waals surface area contributed by atoms with E-state index in [0.29, 0.717) is 11.5 Å². The van der Waals surface area contributed by atoms with Gasteiger partial charge in [-0.25, -0.2) is 4.98 Å². The third kappa shape index (κ3) is 2.11. The van der Waals surface area contributed by atoms with Crippen LogP contribution in [0.25, 0.3) is 5.65 Å². The SMILES string of the molecule is CC(C)(Nc1nccn2cnnc12)C(C)(C)C(=O)O. The molecule has 0 spiro atoms. The fourth-order valence-electron chi connectivity index (χ4n) is 1.57. The minimum Gasteiger partial charge on any atom is -0.481 e. The highest BCUT2D eigenvalue weighted by molar-refractivity contribution is 5.77. The Balaban J connectivity index is 2.40. The van der Waals surface area contributed by atoms with Gasteiger partial charge in [0.1, 0.15) is 6.33 Å². The minimum absolute atomic E-state index is 0.513. The molecule has 19 heavy (non-hydrogen) atoms. The van der Waals surface area contributed by atoms with E-state index < -0.39 is 16.9 Å². The van der Waals surface area contributed by atoms with Crippen molar-refractivity contribution in [3.8, 4) is 0 Å². The first-order valence-corrected chi connectivity index (χ1v) is 5.91. The molecule has 2 N–H and O–H groups in total. The number of hydrogen-bond acceptors (Lipinski definition) is 5. The van der Waals surface area contributed by atoms with Gasteiger partial charge in [0.15, 0.2) is 5.82 Å². The molecule has 0 amide bonds. The zero-order chi connectivity index (χ0) is 14.3. The Morgan fingerprint density at radius 2 is 2.05 bits per heavy atom. The number of aromatic nitrogens is 4. The van der Waals surface area contributed by atoms with Gasteiger partial charge in [-0.3, -0.25) is 9.20 Å². The quantitative estimate of drug-likeness (QED) is 0.866. The zero-order valence-electron chi connectivity index (χ0n) is 11.4. The minimum atomic E-state index is -0.971. The smallest absolute Gasteiger partial charge is 0.311 e. The standard InChI is InChI=1S/C12H17N5O2/c1-11(2,10(18)19)12(3,4)15-8-9-16-14-7-17(9)6-5-13-8/h5-7H,1-4H3,(H,13,15)(H,18,19). The lowest BCUT2D eigenvalue weighted by atomic mass is 9.74. The average molecular weight is 263 g/mol. The largest absolute Gasteiger partial charge is 0.481 e. The molecule has 2 aromatic rings. The normalized spacial score (nSPS) is 12.6. The molecule has 0 aliphatic carbocycles. The van der Waals surface area contributed by atoms with Crippen LogP contribution in [0, 0.1) is 5.41 Å². The number of hydrogen-bond donors (Lipinski definition) is 2. The van der Waals surface area contributed by atoms with Gasteiger partial charge in [-0.05, 0) is 27.7 Å². The van der Waals surface area contributed by atoms with Crippen LogP contribution in [-0.4, -0.2) is 36.2 Å². The Hall–Kier alpha value is -2.18. The van der Waals surface area contributed by atoms with E-state index in [2.05, 4.69) is 20.5 Å². The molecule has 7 nitrogen and oxygen atoms in total. The van der Waals surface area contributed by atoms with Crippen molar-refractivity contribution in [2.45, 2.75) is 33.2 Å². The van der Waals surface area contributed by atoms with Crippen LogP contribution in [0.3, 0.4) is 0 Å². The molecular formula is C12H17N5O2. The van der Waals surface area contributed by atoms with Crippen LogP contribution in [0.2, 0.25) is 0 Å². The van der Waals surface area contributed by atoms with Crippen LogP contribution in [0.4, 0.5) is 5.82 Å². The first kappa shape index (κ1) is 13.3. The second kappa shape index (κ2) is 4.18. The first-order valence-electron chi connectivity index (χ1n) is 5.91. The molecule has 2 rings (SSSR count). The van der Waals surface area contributed by atoms with Gasteiger partial charge < -0.3 is 10.4 Å². The van der Waals surface area contributed by atoms with E-state index in [1.807, 2.05) is 13.8 Å². The highest BCUT2D eigenvalue weighted by atomic mass is 16.4. The molecule has 0 radical (unpaired) electrons. The first-order chi connectivity index (χ1) is 8.75. The molecule has 0 fully saturated rings. The van der Waals surface area contributed by atoms with Crippen molar-refractivity contribution < 1.29 is 9.90 Å². The van der Waals surface area contributed by atoms with Crippen LogP contribution in [0.1, 0.15) is 27.7 Å². The third-order valence-electron chi connectivity index (χ3n) is 3.74. The lowest BCUT2D eigenvalue weighted by Crippen LogP contribution is -2.50. The van der Waals surface area contributed by atoms with Gasteiger partial charge in [-0.15, -0.1) is 10.2 Å². The highest BCUT2D eigenvalue weighted by Crippen LogP contribution is 2.34. The van der Waals surface area contributed by atoms with Gasteiger partial charge in [0.2, 0.25) is 5.65 Å². The maximum absolute atomic E-state index is 11.4. The van der Waals surface area contributed by atoms with E-state index in [0.717, 1.165) is 0 Å². The molecule has 0 aliphatic rings. The van der Waals surface area contributed by atoms with Crippen LogP contribution < -0.4 is 5.32 Å². The van der Waals surface area contributed by atoms with E-state index in [1.165, 1.54) is 0 Å². The Labute approximate surface area is 110 Å². The number of anilines is 1. The van der Waals surface area contributed by atoms with Gasteiger partial charge in [0.05, 0.1) is 5.41 Å². The molecule has 2 aromatic heterocycles. The molecular weight excluding hydrogens is 246 g/mol. The van der Waals surface area contributed by atoms with Gasteiger partial charge in [0.25, 0.3) is 0 Å². The molecule has 7 heteroatoms. The predicted molar refractivity (Wildman–Crippen MR) is 69.9 cm³/mol. The number of carboxylic acids is 1. The van der Waals surface area contributed by atoms with E-state index in [4.69, 9.17) is 0 Å². The second-order valence-corrected chi connectivity index (χ2v) is 5.52. The number of aliphatic carboxylic acids is 1. The van der Waals surface area contributed by atoms with E-state index in [-0.39, 0.29) is 0 Å². The number of nitrogens with one attached hydrogen (secondary N) is 1. The summed E-state index contributed by atoms with van der Waals surface area (Å²) >= 11 is 0. The molecule has 0 bridgehead atoms. The van der Waals surface area contributed by atoms with Gasteiger partial charge in [0, 0.05) is 17.9 Å². The number of carboxylic acid groups (broad SMARTS) is 1. The average Bonchev–Trinajstić information content (AvgIpc) is 2.77. The van der Waals surface area contributed by atoms with Crippen molar-refractivity contribution in [2.24, 2.45) is 5.41 Å². The summed E-state index contributed by atoms with van der Waals surface area (Å²) in [6.07, 6.45) is 4.91. The maximum Gasteiger partial charge on any atom is 0.311 e. The van der Waals surface area contributed by atoms with Gasteiger partial charge in [-0.2, -0.15) is 0 Å². The van der Waals surface area contributed by atoms with Crippen molar-refractivity contribution in [3.63, 3.8) is 0 Å². The summed E-state index contributed by atoms with van der Waals surface area (Å²) in [7, 11) is 0. The van der Waals surface area contributed by atoms with Crippen molar-refractivity contribution in [2.75, 3.05) is 5.32 Å². The highest BCUT2D eigenvalue weighted by Gasteiger charge is 2.44. The fourth-order valence-corrected chi connectivity index (χ4v) is 1.57. The molecule has 102 valence electrons. The molecule has 2 heterocycles. The van der Waals surface area contributed by atoms with E-state index in [9.17, 15) is 9.90 Å². The predicted octanol–water partition coefficient (Wildman–Crippen LogP) is 1.43. The maximum atomic E-state index is 11.4. The Bertz CT molecular complexity index is 617. The third-order valence-corrected chi connectivity index (χ3v) is 3.74. The fraction of sp³-hybridized carbons (Fsp3) is 0.500. The topological polar surface area (TPSA) is 92.4 Å². The molecule has 0 saturated heterocycles. The van der Waals surface area contributed by atoms with E-state index >= 15 is 0 Å². The monoisotopic (exact) mass is 263 g/mol. The summed E-state index contributed by atoms with van der Waals surface area (Å²) in [5.41, 5.74) is -1.11. The molecule has 0 saturated carbocycles. The summed E-state index contributed by atoms with van der Waals surface area (Å²) in [4.78, 5) is 15.6. The second-order valence-electron chi connectivity index (χ2n) is 5.52. The summed E-state index contributed by atoms with van der Waals surface area (Å²) in [6.45, 7) is 6.99. The summed E-state index contributed by atoms with van der Waals surface area (Å²) in [6, 6.07) is 0.